The number of nitrogens with zero attached hydrogens (tertiary/aromatic N) is 1. The van der Waals surface area contributed by atoms with E-state index in [4.69, 9.17) is 5.73 Å². The number of rotatable bonds is 4. The molecule has 3 heteroatoms. The largest absolute Gasteiger partial charge is 0.507 e. The van der Waals surface area contributed by atoms with Gasteiger partial charge in [0.1, 0.15) is 5.75 Å². The van der Waals surface area contributed by atoms with Crippen LogP contribution in [-0.2, 0) is 0 Å². The minimum absolute atomic E-state index is 0.313. The quantitative estimate of drug-likeness (QED) is 0.739. The molecule has 0 unspecified atom stereocenters. The predicted octanol–water partition coefficient (Wildman–Crippen LogP) is 1.89. The number of hydrogen-bond donors (Lipinski definition) is 2. The highest BCUT2D eigenvalue weighted by Crippen LogP contribution is 2.27. The van der Waals surface area contributed by atoms with Crippen LogP contribution in [0.2, 0.25) is 0 Å². The fraction of sp³-hybridized carbons (Fsp3) is 0.417. The monoisotopic (exact) mass is 206 g/mol. The van der Waals surface area contributed by atoms with Crippen LogP contribution in [0.1, 0.15) is 30.9 Å². The van der Waals surface area contributed by atoms with Crippen molar-refractivity contribution in [2.45, 2.75) is 19.8 Å². The second-order valence-corrected chi connectivity index (χ2v) is 3.76. The Balaban J connectivity index is 2.94. The van der Waals surface area contributed by atoms with Crippen molar-refractivity contribution in [2.24, 2.45) is 10.7 Å². The number of aliphatic imine (C=N–C) groups is 1. The van der Waals surface area contributed by atoms with E-state index >= 15 is 0 Å². The normalized spacial score (nSPS) is 11.5. The van der Waals surface area contributed by atoms with Crippen molar-refractivity contribution in [1.82, 2.24) is 0 Å². The molecule has 1 rings (SSSR count). The topological polar surface area (TPSA) is 58.6 Å². The number of para-hydroxylation sites is 1. The van der Waals surface area contributed by atoms with Crippen LogP contribution in [-0.4, -0.2) is 24.4 Å². The van der Waals surface area contributed by atoms with Gasteiger partial charge in [0.05, 0.1) is 6.54 Å². The van der Waals surface area contributed by atoms with E-state index in [0.29, 0.717) is 24.8 Å². The fourth-order valence-electron chi connectivity index (χ4n) is 1.39. The Hall–Kier alpha value is -1.35. The van der Waals surface area contributed by atoms with Gasteiger partial charge in [-0.3, -0.25) is 4.99 Å². The van der Waals surface area contributed by atoms with Crippen molar-refractivity contribution in [3.63, 3.8) is 0 Å². The van der Waals surface area contributed by atoms with Crippen molar-refractivity contribution in [3.05, 3.63) is 29.3 Å². The van der Waals surface area contributed by atoms with Crippen LogP contribution < -0.4 is 5.73 Å². The van der Waals surface area contributed by atoms with Gasteiger partial charge in [-0.2, -0.15) is 0 Å². The molecular formula is C12H18N2O. The van der Waals surface area contributed by atoms with Gasteiger partial charge in [0.2, 0.25) is 0 Å². The molecule has 0 radical (unpaired) electrons. The zero-order valence-corrected chi connectivity index (χ0v) is 9.27. The molecule has 82 valence electrons. The molecule has 0 aliphatic heterocycles. The smallest absolute Gasteiger partial charge is 0.127 e. The third-order valence-corrected chi connectivity index (χ3v) is 2.21. The van der Waals surface area contributed by atoms with Gasteiger partial charge >= 0.3 is 0 Å². The Bertz CT molecular complexity index is 345. The van der Waals surface area contributed by atoms with Crippen LogP contribution in [0.25, 0.3) is 0 Å². The Kier molecular flexibility index (Phi) is 4.31. The molecule has 0 heterocycles. The lowest BCUT2D eigenvalue weighted by atomic mass is 9.99. The van der Waals surface area contributed by atoms with E-state index in [1.54, 1.807) is 6.21 Å². The Labute approximate surface area is 90.7 Å². The first kappa shape index (κ1) is 11.7. The molecule has 0 atom stereocenters. The maximum absolute atomic E-state index is 9.94. The summed E-state index contributed by atoms with van der Waals surface area (Å²) in [6, 6.07) is 5.71. The van der Waals surface area contributed by atoms with Gasteiger partial charge < -0.3 is 10.8 Å². The van der Waals surface area contributed by atoms with Crippen molar-refractivity contribution in [2.75, 3.05) is 13.1 Å². The highest BCUT2D eigenvalue weighted by atomic mass is 16.3. The molecule has 1 aromatic carbocycles. The molecule has 3 N–H and O–H groups in total. The standard InChI is InChI=1S/C12H18N2O/c1-9(2)11-5-3-4-10(12(11)15)8-14-7-6-13/h3-5,8-9,15H,6-7,13H2,1-2H3. The summed E-state index contributed by atoms with van der Waals surface area (Å²) in [5.74, 6) is 0.640. The van der Waals surface area contributed by atoms with Gasteiger partial charge in [0.15, 0.2) is 0 Å². The Morgan fingerprint density at radius 2 is 2.20 bits per heavy atom. The summed E-state index contributed by atoms with van der Waals surface area (Å²) in [4.78, 5) is 4.11. The van der Waals surface area contributed by atoms with Gasteiger partial charge in [-0.05, 0) is 17.5 Å². The first-order valence-electron chi connectivity index (χ1n) is 5.18. The third kappa shape index (κ3) is 3.06. The van der Waals surface area contributed by atoms with E-state index in [9.17, 15) is 5.11 Å². The SMILES string of the molecule is CC(C)c1cccc(C=NCCN)c1O. The van der Waals surface area contributed by atoms with Gasteiger partial charge in [-0.1, -0.05) is 26.0 Å². The second kappa shape index (κ2) is 5.51. The first-order chi connectivity index (χ1) is 7.16. The zero-order chi connectivity index (χ0) is 11.3. The lowest BCUT2D eigenvalue weighted by molar-refractivity contribution is 0.464. The minimum atomic E-state index is 0.313. The first-order valence-corrected chi connectivity index (χ1v) is 5.18. The van der Waals surface area contributed by atoms with Gasteiger partial charge in [0.25, 0.3) is 0 Å². The average molecular weight is 206 g/mol. The molecule has 15 heavy (non-hydrogen) atoms. The summed E-state index contributed by atoms with van der Waals surface area (Å²) in [5.41, 5.74) is 7.04. The van der Waals surface area contributed by atoms with Gasteiger partial charge in [-0.15, -0.1) is 0 Å². The maximum Gasteiger partial charge on any atom is 0.127 e. The van der Waals surface area contributed by atoms with Crippen molar-refractivity contribution in [1.29, 1.82) is 0 Å². The summed E-state index contributed by atoms with van der Waals surface area (Å²) in [7, 11) is 0. The van der Waals surface area contributed by atoms with E-state index < -0.39 is 0 Å². The Morgan fingerprint density at radius 3 is 2.80 bits per heavy atom. The number of phenolic OH excluding ortho intramolecular Hbond substituents is 1. The highest BCUT2D eigenvalue weighted by molar-refractivity contribution is 5.84. The molecule has 0 fully saturated rings. The zero-order valence-electron chi connectivity index (χ0n) is 9.27. The van der Waals surface area contributed by atoms with Crippen LogP contribution in [0, 0.1) is 0 Å². The number of hydrogen-bond acceptors (Lipinski definition) is 3. The lowest BCUT2D eigenvalue weighted by Gasteiger charge is -2.09. The summed E-state index contributed by atoms with van der Waals surface area (Å²) in [6.07, 6.45) is 1.67. The summed E-state index contributed by atoms with van der Waals surface area (Å²) < 4.78 is 0. The molecule has 0 saturated heterocycles. The lowest BCUT2D eigenvalue weighted by Crippen LogP contribution is -2.02. The molecule has 0 aromatic heterocycles. The fourth-order valence-corrected chi connectivity index (χ4v) is 1.39. The van der Waals surface area contributed by atoms with Crippen LogP contribution in [0.4, 0.5) is 0 Å². The number of benzene rings is 1. The predicted molar refractivity (Wildman–Crippen MR) is 63.7 cm³/mol. The van der Waals surface area contributed by atoms with Crippen LogP contribution in [0.5, 0.6) is 5.75 Å². The molecule has 0 amide bonds. The van der Waals surface area contributed by atoms with E-state index in [1.807, 2.05) is 18.2 Å². The van der Waals surface area contributed by atoms with Crippen LogP contribution >= 0.6 is 0 Å². The Morgan fingerprint density at radius 1 is 1.47 bits per heavy atom. The van der Waals surface area contributed by atoms with Crippen molar-refractivity contribution < 1.29 is 5.11 Å². The van der Waals surface area contributed by atoms with E-state index in [0.717, 1.165) is 11.1 Å². The minimum Gasteiger partial charge on any atom is -0.507 e. The highest BCUT2D eigenvalue weighted by Gasteiger charge is 2.07. The molecule has 0 spiro atoms. The van der Waals surface area contributed by atoms with Crippen molar-refractivity contribution >= 4 is 6.21 Å². The maximum atomic E-state index is 9.94. The molecule has 0 saturated carbocycles. The van der Waals surface area contributed by atoms with E-state index in [-0.39, 0.29) is 0 Å². The van der Waals surface area contributed by atoms with E-state index in [2.05, 4.69) is 18.8 Å². The van der Waals surface area contributed by atoms with Crippen molar-refractivity contribution in [3.8, 4) is 5.75 Å². The number of nitrogens with two attached hydrogens (primary N) is 1. The summed E-state index contributed by atoms with van der Waals surface area (Å²) in [5, 5.41) is 9.94. The third-order valence-electron chi connectivity index (χ3n) is 2.21. The number of phenols is 1. The van der Waals surface area contributed by atoms with Crippen LogP contribution in [0.15, 0.2) is 23.2 Å². The molecular weight excluding hydrogens is 188 g/mol. The second-order valence-electron chi connectivity index (χ2n) is 3.76. The molecule has 0 aliphatic carbocycles. The molecule has 1 aromatic rings. The summed E-state index contributed by atoms with van der Waals surface area (Å²) >= 11 is 0. The molecule has 0 aliphatic rings. The van der Waals surface area contributed by atoms with E-state index in [1.165, 1.54) is 0 Å². The van der Waals surface area contributed by atoms with Crippen LogP contribution in [0.3, 0.4) is 0 Å². The average Bonchev–Trinajstić information content (AvgIpc) is 2.20. The summed E-state index contributed by atoms with van der Waals surface area (Å²) in [6.45, 7) is 5.22. The molecule has 0 bridgehead atoms. The molecule has 3 nitrogen and oxygen atoms in total. The number of aromatic hydroxyl groups is 1. The van der Waals surface area contributed by atoms with Gasteiger partial charge in [-0.25, -0.2) is 0 Å². The van der Waals surface area contributed by atoms with Gasteiger partial charge in [0, 0.05) is 18.3 Å².